The van der Waals surface area contributed by atoms with Crippen LogP contribution in [0.2, 0.25) is 5.02 Å². The van der Waals surface area contributed by atoms with Gasteiger partial charge in [-0.1, -0.05) is 35.9 Å². The molecule has 0 aliphatic rings. The molecular formula is C11H5ClFN. The molecule has 0 amide bonds. The van der Waals surface area contributed by atoms with Gasteiger partial charge in [-0.2, -0.15) is 5.26 Å². The average molecular weight is 206 g/mol. The molecule has 68 valence electrons. The highest BCUT2D eigenvalue weighted by molar-refractivity contribution is 6.35. The summed E-state index contributed by atoms with van der Waals surface area (Å²) in [6, 6.07) is 10.1. The van der Waals surface area contributed by atoms with E-state index >= 15 is 0 Å². The van der Waals surface area contributed by atoms with Crippen LogP contribution >= 0.6 is 11.6 Å². The second-order valence-corrected chi connectivity index (χ2v) is 3.26. The van der Waals surface area contributed by atoms with Gasteiger partial charge in [0.15, 0.2) is 0 Å². The summed E-state index contributed by atoms with van der Waals surface area (Å²) < 4.78 is 13.2. The van der Waals surface area contributed by atoms with Crippen LogP contribution in [-0.2, 0) is 0 Å². The number of rotatable bonds is 0. The Bertz CT molecular complexity index is 543. The minimum Gasteiger partial charge on any atom is -0.205 e. The highest BCUT2D eigenvalue weighted by atomic mass is 35.5. The van der Waals surface area contributed by atoms with Gasteiger partial charge in [0, 0.05) is 10.8 Å². The van der Waals surface area contributed by atoms with Crippen molar-refractivity contribution < 1.29 is 4.39 Å². The highest BCUT2D eigenvalue weighted by Gasteiger charge is 2.09. The van der Waals surface area contributed by atoms with Gasteiger partial charge in [-0.05, 0) is 6.07 Å². The van der Waals surface area contributed by atoms with Crippen molar-refractivity contribution in [3.05, 3.63) is 46.7 Å². The molecule has 2 rings (SSSR count). The minimum atomic E-state index is -0.554. The number of nitrogens with zero attached hydrogens (tertiary/aromatic N) is 1. The molecule has 0 aromatic heterocycles. The maximum Gasteiger partial charge on any atom is 0.143 e. The molecule has 0 atom stereocenters. The fourth-order valence-electron chi connectivity index (χ4n) is 1.40. The zero-order chi connectivity index (χ0) is 10.1. The van der Waals surface area contributed by atoms with Crippen molar-refractivity contribution in [2.24, 2.45) is 0 Å². The predicted molar refractivity (Wildman–Crippen MR) is 53.6 cm³/mol. The van der Waals surface area contributed by atoms with Crippen LogP contribution in [-0.4, -0.2) is 0 Å². The lowest BCUT2D eigenvalue weighted by molar-refractivity contribution is 0.629. The molecule has 0 saturated carbocycles. The average Bonchev–Trinajstić information content (AvgIpc) is 2.23. The van der Waals surface area contributed by atoms with E-state index < -0.39 is 5.82 Å². The number of fused-ring (bicyclic) bond motifs is 1. The second-order valence-electron chi connectivity index (χ2n) is 2.88. The zero-order valence-electron chi connectivity index (χ0n) is 7.09. The molecule has 0 radical (unpaired) electrons. The van der Waals surface area contributed by atoms with Gasteiger partial charge in [-0.15, -0.1) is 0 Å². The maximum absolute atomic E-state index is 13.2. The molecule has 14 heavy (non-hydrogen) atoms. The third-order valence-electron chi connectivity index (χ3n) is 2.05. The van der Waals surface area contributed by atoms with Gasteiger partial charge in [0.1, 0.15) is 5.82 Å². The molecule has 2 aromatic rings. The molecular weight excluding hydrogens is 201 g/mol. The predicted octanol–water partition coefficient (Wildman–Crippen LogP) is 3.50. The summed E-state index contributed by atoms with van der Waals surface area (Å²) in [5.41, 5.74) is 0.308. The SMILES string of the molecule is N#Cc1cc(F)c(Cl)c2ccccc12. The topological polar surface area (TPSA) is 23.8 Å². The smallest absolute Gasteiger partial charge is 0.143 e. The fourth-order valence-corrected chi connectivity index (χ4v) is 1.62. The molecule has 0 aliphatic heterocycles. The lowest BCUT2D eigenvalue weighted by atomic mass is 10.1. The summed E-state index contributed by atoms with van der Waals surface area (Å²) in [4.78, 5) is 0. The first-order valence-electron chi connectivity index (χ1n) is 4.01. The molecule has 2 aromatic carbocycles. The third-order valence-corrected chi connectivity index (χ3v) is 2.44. The minimum absolute atomic E-state index is 0.0691. The van der Waals surface area contributed by atoms with Crippen molar-refractivity contribution in [1.29, 1.82) is 5.26 Å². The Kier molecular flexibility index (Phi) is 2.11. The van der Waals surface area contributed by atoms with E-state index in [1.807, 2.05) is 6.07 Å². The Hall–Kier alpha value is -1.59. The van der Waals surface area contributed by atoms with Gasteiger partial charge >= 0.3 is 0 Å². The number of benzene rings is 2. The van der Waals surface area contributed by atoms with E-state index in [0.29, 0.717) is 16.3 Å². The monoisotopic (exact) mass is 205 g/mol. The van der Waals surface area contributed by atoms with Crippen LogP contribution in [0.4, 0.5) is 4.39 Å². The van der Waals surface area contributed by atoms with Gasteiger partial charge in [0.05, 0.1) is 16.7 Å². The quantitative estimate of drug-likeness (QED) is 0.646. The van der Waals surface area contributed by atoms with E-state index in [1.54, 1.807) is 24.3 Å². The third kappa shape index (κ3) is 1.23. The first-order chi connectivity index (χ1) is 6.74. The Morgan fingerprint density at radius 2 is 1.86 bits per heavy atom. The number of hydrogen-bond acceptors (Lipinski definition) is 1. The van der Waals surface area contributed by atoms with Crippen LogP contribution in [0.5, 0.6) is 0 Å². The molecule has 0 bridgehead atoms. The largest absolute Gasteiger partial charge is 0.205 e. The van der Waals surface area contributed by atoms with Crippen LogP contribution < -0.4 is 0 Å². The van der Waals surface area contributed by atoms with E-state index in [-0.39, 0.29) is 5.02 Å². The molecule has 0 fully saturated rings. The first-order valence-corrected chi connectivity index (χ1v) is 4.38. The van der Waals surface area contributed by atoms with Crippen molar-refractivity contribution in [1.82, 2.24) is 0 Å². The summed E-state index contributed by atoms with van der Waals surface area (Å²) in [6.45, 7) is 0. The Morgan fingerprint density at radius 3 is 2.50 bits per heavy atom. The molecule has 0 spiro atoms. The van der Waals surface area contributed by atoms with E-state index in [4.69, 9.17) is 16.9 Å². The molecule has 1 nitrogen and oxygen atoms in total. The molecule has 0 saturated heterocycles. The summed E-state index contributed by atoms with van der Waals surface area (Å²) >= 11 is 5.77. The number of nitriles is 1. The van der Waals surface area contributed by atoms with Gasteiger partial charge in [-0.3, -0.25) is 0 Å². The van der Waals surface area contributed by atoms with Crippen LogP contribution in [0.3, 0.4) is 0 Å². The lowest BCUT2D eigenvalue weighted by Crippen LogP contribution is -1.85. The molecule has 0 N–H and O–H groups in total. The Morgan fingerprint density at radius 1 is 1.21 bits per heavy atom. The van der Waals surface area contributed by atoms with Crippen molar-refractivity contribution in [2.45, 2.75) is 0 Å². The van der Waals surface area contributed by atoms with E-state index in [0.717, 1.165) is 6.07 Å². The van der Waals surface area contributed by atoms with Gasteiger partial charge in [0.2, 0.25) is 0 Å². The van der Waals surface area contributed by atoms with Gasteiger partial charge < -0.3 is 0 Å². The van der Waals surface area contributed by atoms with Crippen LogP contribution in [0.25, 0.3) is 10.8 Å². The molecule has 0 aliphatic carbocycles. The highest BCUT2D eigenvalue weighted by Crippen LogP contribution is 2.28. The van der Waals surface area contributed by atoms with E-state index in [2.05, 4.69) is 0 Å². The van der Waals surface area contributed by atoms with Crippen molar-refractivity contribution in [3.63, 3.8) is 0 Å². The van der Waals surface area contributed by atoms with Gasteiger partial charge in [-0.25, -0.2) is 4.39 Å². The van der Waals surface area contributed by atoms with E-state index in [9.17, 15) is 4.39 Å². The molecule has 3 heteroatoms. The Labute approximate surface area is 85.3 Å². The summed E-state index contributed by atoms with van der Waals surface area (Å²) in [7, 11) is 0. The fraction of sp³-hybridized carbons (Fsp3) is 0. The first kappa shape index (κ1) is 8.98. The standard InChI is InChI=1S/C11H5ClFN/c12-11-9-4-2-1-3-8(9)7(6-14)5-10(11)13/h1-5H. The van der Waals surface area contributed by atoms with Crippen LogP contribution in [0, 0.1) is 17.1 Å². The van der Waals surface area contributed by atoms with Crippen molar-refractivity contribution in [2.75, 3.05) is 0 Å². The second kappa shape index (κ2) is 3.28. The van der Waals surface area contributed by atoms with E-state index in [1.165, 1.54) is 0 Å². The summed E-state index contributed by atoms with van der Waals surface area (Å²) in [5.74, 6) is -0.554. The number of hydrogen-bond donors (Lipinski definition) is 0. The molecule has 0 heterocycles. The van der Waals surface area contributed by atoms with Gasteiger partial charge in [0.25, 0.3) is 0 Å². The molecule has 0 unspecified atom stereocenters. The van der Waals surface area contributed by atoms with Crippen LogP contribution in [0.15, 0.2) is 30.3 Å². The normalized spacial score (nSPS) is 10.1. The van der Waals surface area contributed by atoms with Crippen LogP contribution in [0.1, 0.15) is 5.56 Å². The summed E-state index contributed by atoms with van der Waals surface area (Å²) in [6.07, 6.45) is 0. The summed E-state index contributed by atoms with van der Waals surface area (Å²) in [5, 5.41) is 10.1. The maximum atomic E-state index is 13.2. The van der Waals surface area contributed by atoms with Crippen molar-refractivity contribution in [3.8, 4) is 6.07 Å². The Balaban J connectivity index is 2.99. The lowest BCUT2D eigenvalue weighted by Gasteiger charge is -2.02. The van der Waals surface area contributed by atoms with Crippen molar-refractivity contribution >= 4 is 22.4 Å². The number of halogens is 2. The zero-order valence-corrected chi connectivity index (χ0v) is 7.85.